The number of aliphatic carboxylic acids is 1. The Morgan fingerprint density at radius 1 is 1.03 bits per heavy atom. The molecule has 3 rings (SSSR count). The summed E-state index contributed by atoms with van der Waals surface area (Å²) in [4.78, 5) is 37.4. The number of benzene rings is 2. The molecule has 2 aromatic carbocycles. The van der Waals surface area contributed by atoms with Crippen molar-refractivity contribution in [2.24, 2.45) is 0 Å². The molecule has 0 unspecified atom stereocenters. The van der Waals surface area contributed by atoms with Crippen molar-refractivity contribution in [3.8, 4) is 11.1 Å². The molecule has 32 heavy (non-hydrogen) atoms. The molecule has 0 heterocycles. The molecule has 0 aliphatic heterocycles. The largest absolute Gasteiger partial charge is 0.480 e. The first-order valence-corrected chi connectivity index (χ1v) is 11.1. The number of amides is 2. The van der Waals surface area contributed by atoms with Crippen LogP contribution in [0.25, 0.3) is 11.1 Å². The fourth-order valence-corrected chi connectivity index (χ4v) is 4.17. The van der Waals surface area contributed by atoms with E-state index in [9.17, 15) is 14.4 Å². The fourth-order valence-electron chi connectivity index (χ4n) is 4.17. The van der Waals surface area contributed by atoms with Gasteiger partial charge in [-0.2, -0.15) is 0 Å². The first kappa shape index (κ1) is 23.3. The van der Waals surface area contributed by atoms with Crippen LogP contribution in [0.15, 0.2) is 48.5 Å². The Labute approximate surface area is 188 Å². The molecule has 2 amide bonds. The van der Waals surface area contributed by atoms with Crippen LogP contribution in [0.3, 0.4) is 0 Å². The monoisotopic (exact) mass is 438 g/mol. The second kappa shape index (κ2) is 10.8. The average molecular weight is 439 g/mol. The van der Waals surface area contributed by atoms with Gasteiger partial charge in [0.05, 0.1) is 0 Å². The third-order valence-electron chi connectivity index (χ3n) is 5.75. The van der Waals surface area contributed by atoms with Crippen LogP contribution in [0.4, 0.5) is 4.79 Å². The van der Waals surface area contributed by atoms with E-state index in [1.165, 1.54) is 4.90 Å². The van der Waals surface area contributed by atoms with E-state index in [2.05, 4.69) is 29.6 Å². The molecule has 1 aliphatic rings. The first-order valence-electron chi connectivity index (χ1n) is 11.1. The van der Waals surface area contributed by atoms with Crippen molar-refractivity contribution in [2.75, 3.05) is 19.7 Å². The van der Waals surface area contributed by atoms with Crippen molar-refractivity contribution in [1.29, 1.82) is 0 Å². The van der Waals surface area contributed by atoms with Crippen molar-refractivity contribution < 1.29 is 24.2 Å². The van der Waals surface area contributed by atoms with E-state index in [0.717, 1.165) is 22.3 Å². The lowest BCUT2D eigenvalue weighted by Crippen LogP contribution is -2.42. The molecule has 0 radical (unpaired) electrons. The van der Waals surface area contributed by atoms with Gasteiger partial charge in [-0.1, -0.05) is 62.4 Å². The van der Waals surface area contributed by atoms with Gasteiger partial charge in [-0.15, -0.1) is 0 Å². The zero-order valence-electron chi connectivity index (χ0n) is 18.5. The van der Waals surface area contributed by atoms with E-state index in [-0.39, 0.29) is 31.4 Å². The van der Waals surface area contributed by atoms with Crippen LogP contribution < -0.4 is 5.32 Å². The van der Waals surface area contributed by atoms with Gasteiger partial charge in [-0.05, 0) is 35.1 Å². The number of fused-ring (bicyclic) bond motifs is 3. The van der Waals surface area contributed by atoms with Crippen LogP contribution in [-0.2, 0) is 14.3 Å². The number of hydrogen-bond acceptors (Lipinski definition) is 4. The van der Waals surface area contributed by atoms with E-state index in [0.29, 0.717) is 19.4 Å². The normalized spacial score (nSPS) is 13.1. The summed E-state index contributed by atoms with van der Waals surface area (Å²) in [5.74, 6) is -1.38. The number of carboxylic acid groups (broad SMARTS) is 1. The molecular formula is C25H30N2O5. The summed E-state index contributed by atoms with van der Waals surface area (Å²) in [6, 6.07) is 15.8. The second-order valence-corrected chi connectivity index (χ2v) is 7.99. The number of carboxylic acids is 1. The Morgan fingerprint density at radius 2 is 1.62 bits per heavy atom. The lowest BCUT2D eigenvalue weighted by molar-refractivity contribution is -0.144. The van der Waals surface area contributed by atoms with Gasteiger partial charge in [0.2, 0.25) is 5.91 Å². The molecule has 2 N–H and O–H groups in total. The van der Waals surface area contributed by atoms with Crippen LogP contribution in [0, 0.1) is 0 Å². The molecular weight excluding hydrogens is 408 g/mol. The number of alkyl carbamates (subject to hydrolysis) is 1. The number of ether oxygens (including phenoxy) is 1. The SMILES string of the molecule is CCCN(CC(=O)O)C(=O)C[C@H](CC)NC(=O)OCC1c2ccccc2-c2ccccc21. The van der Waals surface area contributed by atoms with E-state index in [1.54, 1.807) is 0 Å². The second-order valence-electron chi connectivity index (χ2n) is 7.99. The average Bonchev–Trinajstić information content (AvgIpc) is 3.10. The molecule has 7 heteroatoms. The van der Waals surface area contributed by atoms with Crippen LogP contribution in [0.1, 0.15) is 50.2 Å². The maximum atomic E-state index is 12.5. The number of rotatable bonds is 10. The predicted octanol–water partition coefficient (Wildman–Crippen LogP) is 4.02. The summed E-state index contributed by atoms with van der Waals surface area (Å²) < 4.78 is 5.56. The summed E-state index contributed by atoms with van der Waals surface area (Å²) in [6.45, 7) is 3.98. The van der Waals surface area contributed by atoms with Gasteiger partial charge < -0.3 is 20.1 Å². The number of carbonyl (C=O) groups excluding carboxylic acids is 2. The smallest absolute Gasteiger partial charge is 0.407 e. The van der Waals surface area contributed by atoms with E-state index < -0.39 is 18.1 Å². The Balaban J connectivity index is 1.59. The Bertz CT molecular complexity index is 929. The highest BCUT2D eigenvalue weighted by Gasteiger charge is 2.29. The van der Waals surface area contributed by atoms with Gasteiger partial charge in [-0.25, -0.2) is 4.79 Å². The molecule has 7 nitrogen and oxygen atoms in total. The number of nitrogens with zero attached hydrogens (tertiary/aromatic N) is 1. The van der Waals surface area contributed by atoms with Crippen LogP contribution in [0.2, 0.25) is 0 Å². The Kier molecular flexibility index (Phi) is 7.87. The van der Waals surface area contributed by atoms with E-state index >= 15 is 0 Å². The van der Waals surface area contributed by atoms with Crippen molar-refractivity contribution in [2.45, 2.75) is 45.1 Å². The first-order chi connectivity index (χ1) is 15.4. The van der Waals surface area contributed by atoms with Gasteiger partial charge in [0.1, 0.15) is 13.2 Å². The Morgan fingerprint density at radius 3 is 2.16 bits per heavy atom. The predicted molar refractivity (Wildman–Crippen MR) is 121 cm³/mol. The standard InChI is InChI=1S/C25H30N2O5/c1-3-13-27(15-24(29)30)23(28)14-17(4-2)26-25(31)32-16-22-20-11-7-5-9-18(20)19-10-6-8-12-21(19)22/h5-12,17,22H,3-4,13-16H2,1-2H3,(H,26,31)(H,29,30)/t17-/m0/s1. The zero-order chi connectivity index (χ0) is 23.1. The Hall–Kier alpha value is -3.35. The summed E-state index contributed by atoms with van der Waals surface area (Å²) in [5, 5.41) is 11.8. The topological polar surface area (TPSA) is 95.9 Å². The molecule has 0 spiro atoms. The van der Waals surface area contributed by atoms with Gasteiger partial charge in [-0.3, -0.25) is 9.59 Å². The van der Waals surface area contributed by atoms with E-state index in [4.69, 9.17) is 9.84 Å². The molecule has 1 atom stereocenters. The lowest BCUT2D eigenvalue weighted by atomic mass is 9.98. The molecule has 0 saturated carbocycles. The molecule has 0 fully saturated rings. The van der Waals surface area contributed by atoms with Gasteiger partial charge >= 0.3 is 12.1 Å². The lowest BCUT2D eigenvalue weighted by Gasteiger charge is -2.23. The molecule has 0 bridgehead atoms. The third-order valence-corrected chi connectivity index (χ3v) is 5.75. The summed E-state index contributed by atoms with van der Waals surface area (Å²) in [5.41, 5.74) is 4.58. The van der Waals surface area contributed by atoms with Crippen molar-refractivity contribution >= 4 is 18.0 Å². The highest BCUT2D eigenvalue weighted by molar-refractivity contribution is 5.82. The summed E-state index contributed by atoms with van der Waals surface area (Å²) in [6.07, 6.45) is 0.652. The summed E-state index contributed by atoms with van der Waals surface area (Å²) >= 11 is 0. The zero-order valence-corrected chi connectivity index (χ0v) is 18.5. The molecule has 0 aromatic heterocycles. The maximum absolute atomic E-state index is 12.5. The van der Waals surface area contributed by atoms with Crippen LogP contribution >= 0.6 is 0 Å². The number of carbonyl (C=O) groups is 3. The van der Waals surface area contributed by atoms with Crippen molar-refractivity contribution in [3.63, 3.8) is 0 Å². The van der Waals surface area contributed by atoms with Gasteiger partial charge in [0, 0.05) is 24.9 Å². The van der Waals surface area contributed by atoms with Crippen LogP contribution in [0.5, 0.6) is 0 Å². The number of nitrogens with one attached hydrogen (secondary N) is 1. The minimum atomic E-state index is -1.05. The summed E-state index contributed by atoms with van der Waals surface area (Å²) in [7, 11) is 0. The van der Waals surface area contributed by atoms with Crippen molar-refractivity contribution in [3.05, 3.63) is 59.7 Å². The maximum Gasteiger partial charge on any atom is 0.407 e. The third kappa shape index (κ3) is 5.46. The van der Waals surface area contributed by atoms with Gasteiger partial charge in [0.15, 0.2) is 0 Å². The minimum absolute atomic E-state index is 0.0357. The highest BCUT2D eigenvalue weighted by atomic mass is 16.5. The molecule has 1 aliphatic carbocycles. The highest BCUT2D eigenvalue weighted by Crippen LogP contribution is 2.44. The van der Waals surface area contributed by atoms with Gasteiger partial charge in [0.25, 0.3) is 0 Å². The molecule has 170 valence electrons. The fraction of sp³-hybridized carbons (Fsp3) is 0.400. The quantitative estimate of drug-likeness (QED) is 0.584. The van der Waals surface area contributed by atoms with Crippen molar-refractivity contribution in [1.82, 2.24) is 10.2 Å². The van der Waals surface area contributed by atoms with Crippen LogP contribution in [-0.4, -0.2) is 53.7 Å². The minimum Gasteiger partial charge on any atom is -0.480 e. The molecule has 2 aromatic rings. The van der Waals surface area contributed by atoms with E-state index in [1.807, 2.05) is 38.1 Å². The number of hydrogen-bond donors (Lipinski definition) is 2. The molecule has 0 saturated heterocycles.